The Kier molecular flexibility index (Phi) is 4.00. The molecule has 0 saturated heterocycles. The van der Waals surface area contributed by atoms with Gasteiger partial charge in [-0.25, -0.2) is 9.37 Å². The van der Waals surface area contributed by atoms with Crippen molar-refractivity contribution in [3.63, 3.8) is 0 Å². The summed E-state index contributed by atoms with van der Waals surface area (Å²) in [5.41, 5.74) is 1.85. The number of nitrogens with one attached hydrogen (secondary N) is 1. The van der Waals surface area contributed by atoms with Crippen molar-refractivity contribution in [3.8, 4) is 0 Å². The summed E-state index contributed by atoms with van der Waals surface area (Å²) in [4.78, 5) is 13.8. The molecule has 0 unspecified atom stereocenters. The molecule has 0 aliphatic heterocycles. The molecule has 0 aromatic carbocycles. The number of hydrazone groups is 1. The number of nitrogens with zero attached hydrogens (tertiary/aromatic N) is 2. The SMILES string of the molecule is O=C(/C=N/Nc1ncc(Cl)cc1F)C(F)(F)F. The van der Waals surface area contributed by atoms with E-state index in [1.165, 1.54) is 0 Å². The number of Topliss-reactive ketones (excluding diaryl/α,β-unsaturated/α-hetero) is 1. The predicted octanol–water partition coefficient (Wildman–Crippen LogP) is 2.40. The Bertz CT molecular complexity index is 461. The van der Waals surface area contributed by atoms with Gasteiger partial charge >= 0.3 is 6.18 Å². The smallest absolute Gasteiger partial charge is 0.283 e. The Hall–Kier alpha value is -1.70. The second-order valence-electron chi connectivity index (χ2n) is 2.72. The molecule has 1 aromatic heterocycles. The van der Waals surface area contributed by atoms with Crippen LogP contribution in [0.3, 0.4) is 0 Å². The van der Waals surface area contributed by atoms with Crippen LogP contribution in [0, 0.1) is 5.82 Å². The summed E-state index contributed by atoms with van der Waals surface area (Å²) in [7, 11) is 0. The second kappa shape index (κ2) is 5.09. The van der Waals surface area contributed by atoms with Crippen LogP contribution in [0.5, 0.6) is 0 Å². The summed E-state index contributed by atoms with van der Waals surface area (Å²) >= 11 is 5.39. The number of ketones is 1. The van der Waals surface area contributed by atoms with Crippen LogP contribution in [0.2, 0.25) is 5.02 Å². The van der Waals surface area contributed by atoms with Crippen molar-refractivity contribution in [1.82, 2.24) is 4.98 Å². The molecule has 0 spiro atoms. The summed E-state index contributed by atoms with van der Waals surface area (Å²) in [6.07, 6.45) is -3.97. The lowest BCUT2D eigenvalue weighted by Crippen LogP contribution is -2.24. The zero-order valence-corrected chi connectivity index (χ0v) is 8.68. The number of halogens is 5. The van der Waals surface area contributed by atoms with Crippen LogP contribution in [0.4, 0.5) is 23.4 Å². The van der Waals surface area contributed by atoms with E-state index in [-0.39, 0.29) is 11.2 Å². The quantitative estimate of drug-likeness (QED) is 0.521. The van der Waals surface area contributed by atoms with Gasteiger partial charge in [-0.3, -0.25) is 10.2 Å². The topological polar surface area (TPSA) is 54.4 Å². The van der Waals surface area contributed by atoms with E-state index >= 15 is 0 Å². The molecule has 92 valence electrons. The predicted molar refractivity (Wildman–Crippen MR) is 52.4 cm³/mol. The Morgan fingerprint density at radius 3 is 2.71 bits per heavy atom. The van der Waals surface area contributed by atoms with Crippen LogP contribution in [-0.4, -0.2) is 23.2 Å². The minimum absolute atomic E-state index is 0.0170. The summed E-state index contributed by atoms with van der Waals surface area (Å²) in [6, 6.07) is 0.887. The summed E-state index contributed by atoms with van der Waals surface area (Å²) in [6.45, 7) is 0. The van der Waals surface area contributed by atoms with Crippen molar-refractivity contribution in [1.29, 1.82) is 0 Å². The molecule has 0 saturated carbocycles. The van der Waals surface area contributed by atoms with Gasteiger partial charge in [-0.2, -0.15) is 18.3 Å². The van der Waals surface area contributed by atoms with Gasteiger partial charge in [0.1, 0.15) is 0 Å². The highest BCUT2D eigenvalue weighted by Crippen LogP contribution is 2.16. The van der Waals surface area contributed by atoms with E-state index in [0.717, 1.165) is 12.3 Å². The monoisotopic (exact) mass is 269 g/mol. The van der Waals surface area contributed by atoms with Crippen molar-refractivity contribution in [2.45, 2.75) is 6.18 Å². The first-order chi connectivity index (χ1) is 7.80. The number of carbonyl (C=O) groups is 1. The zero-order valence-electron chi connectivity index (χ0n) is 7.92. The molecule has 4 nitrogen and oxygen atoms in total. The lowest BCUT2D eigenvalue weighted by atomic mass is 10.4. The number of aromatic nitrogens is 1. The molecule has 1 heterocycles. The Balaban J connectivity index is 2.68. The molecule has 9 heteroatoms. The summed E-state index contributed by atoms with van der Waals surface area (Å²) in [5, 5.41) is 2.93. The van der Waals surface area contributed by atoms with Crippen LogP contribution in [-0.2, 0) is 4.79 Å². The third-order valence-electron chi connectivity index (χ3n) is 1.44. The molecule has 0 aliphatic carbocycles. The molecule has 0 aliphatic rings. The molecule has 0 atom stereocenters. The molecule has 1 aromatic rings. The lowest BCUT2D eigenvalue weighted by molar-refractivity contribution is -0.162. The van der Waals surface area contributed by atoms with Crippen molar-refractivity contribution in [2.75, 3.05) is 5.43 Å². The number of pyridine rings is 1. The highest BCUT2D eigenvalue weighted by Gasteiger charge is 2.36. The molecule has 0 bridgehead atoms. The van der Waals surface area contributed by atoms with Gasteiger partial charge in [-0.15, -0.1) is 0 Å². The van der Waals surface area contributed by atoms with Crippen LogP contribution in [0.25, 0.3) is 0 Å². The van der Waals surface area contributed by atoms with E-state index in [9.17, 15) is 22.4 Å². The van der Waals surface area contributed by atoms with Gasteiger partial charge in [-0.05, 0) is 6.07 Å². The van der Waals surface area contributed by atoms with E-state index in [4.69, 9.17) is 11.6 Å². The maximum Gasteiger partial charge on any atom is 0.455 e. The molecule has 17 heavy (non-hydrogen) atoms. The minimum Gasteiger partial charge on any atom is -0.283 e. The van der Waals surface area contributed by atoms with Gasteiger partial charge in [0.25, 0.3) is 5.78 Å². The van der Waals surface area contributed by atoms with Gasteiger partial charge in [0.05, 0.1) is 11.2 Å². The number of hydrogen-bond donors (Lipinski definition) is 1. The zero-order chi connectivity index (χ0) is 13.1. The van der Waals surface area contributed by atoms with E-state index in [1.807, 2.05) is 5.43 Å². The largest absolute Gasteiger partial charge is 0.455 e. The van der Waals surface area contributed by atoms with E-state index in [0.29, 0.717) is 0 Å². The highest BCUT2D eigenvalue weighted by molar-refractivity contribution is 6.30. The number of hydrogen-bond acceptors (Lipinski definition) is 4. The van der Waals surface area contributed by atoms with Crippen LogP contribution in [0.1, 0.15) is 0 Å². The van der Waals surface area contributed by atoms with Gasteiger partial charge in [0.2, 0.25) is 0 Å². The Morgan fingerprint density at radius 1 is 1.53 bits per heavy atom. The maximum atomic E-state index is 13.0. The average Bonchev–Trinajstić information content (AvgIpc) is 2.19. The number of carbonyl (C=O) groups excluding carboxylic acids is 1. The fraction of sp³-hybridized carbons (Fsp3) is 0.125. The van der Waals surface area contributed by atoms with Crippen molar-refractivity contribution >= 4 is 29.4 Å². The van der Waals surface area contributed by atoms with Crippen molar-refractivity contribution < 1.29 is 22.4 Å². The maximum absolute atomic E-state index is 13.0. The van der Waals surface area contributed by atoms with Crippen molar-refractivity contribution in [3.05, 3.63) is 23.1 Å². The molecule has 0 amide bonds. The molecule has 0 radical (unpaired) electrons. The number of rotatable bonds is 3. The first-order valence-electron chi connectivity index (χ1n) is 4.02. The van der Waals surface area contributed by atoms with Crippen LogP contribution >= 0.6 is 11.6 Å². The molecule has 0 fully saturated rings. The van der Waals surface area contributed by atoms with E-state index < -0.39 is 23.6 Å². The fourth-order valence-electron chi connectivity index (χ4n) is 0.722. The Morgan fingerprint density at radius 2 is 2.18 bits per heavy atom. The van der Waals surface area contributed by atoms with E-state index in [1.54, 1.807) is 0 Å². The minimum atomic E-state index is -5.02. The third kappa shape index (κ3) is 3.99. The fourth-order valence-corrected chi connectivity index (χ4v) is 0.867. The van der Waals surface area contributed by atoms with E-state index in [2.05, 4.69) is 10.1 Å². The highest BCUT2D eigenvalue weighted by atomic mass is 35.5. The lowest BCUT2D eigenvalue weighted by Gasteiger charge is -2.01. The Labute approximate surface area is 97.3 Å². The van der Waals surface area contributed by atoms with Gasteiger partial charge in [0, 0.05) is 6.20 Å². The number of anilines is 1. The summed E-state index contributed by atoms with van der Waals surface area (Å²) < 4.78 is 48.2. The van der Waals surface area contributed by atoms with Crippen LogP contribution in [0.15, 0.2) is 17.4 Å². The third-order valence-corrected chi connectivity index (χ3v) is 1.65. The first kappa shape index (κ1) is 13.4. The summed E-state index contributed by atoms with van der Waals surface area (Å²) in [5.74, 6) is -3.52. The van der Waals surface area contributed by atoms with Crippen molar-refractivity contribution in [2.24, 2.45) is 5.10 Å². The molecule has 1 rings (SSSR count). The van der Waals surface area contributed by atoms with Gasteiger partial charge in [0.15, 0.2) is 11.6 Å². The van der Waals surface area contributed by atoms with Crippen LogP contribution < -0.4 is 5.43 Å². The molecular weight excluding hydrogens is 266 g/mol. The molecule has 1 N–H and O–H groups in total. The number of alkyl halides is 3. The average molecular weight is 270 g/mol. The van der Waals surface area contributed by atoms with Gasteiger partial charge < -0.3 is 0 Å². The standard InChI is InChI=1S/C8H4ClF4N3O/c9-4-1-5(10)7(14-2-4)16-15-3-6(17)8(11,12)13/h1-3H,(H,14,16)/b15-3+. The second-order valence-corrected chi connectivity index (χ2v) is 3.15. The van der Waals surface area contributed by atoms with Gasteiger partial charge in [-0.1, -0.05) is 11.6 Å². The molecular formula is C8H4ClF4N3O. The first-order valence-corrected chi connectivity index (χ1v) is 4.40. The normalized spacial score (nSPS) is 11.8.